The quantitative estimate of drug-likeness (QED) is 0.861. The van der Waals surface area contributed by atoms with Crippen molar-refractivity contribution in [3.05, 3.63) is 47.1 Å². The number of anilines is 1. The van der Waals surface area contributed by atoms with Gasteiger partial charge in [0.15, 0.2) is 0 Å². The van der Waals surface area contributed by atoms with Crippen LogP contribution in [-0.4, -0.2) is 28.3 Å². The molecule has 0 aliphatic carbocycles. The van der Waals surface area contributed by atoms with Crippen LogP contribution in [-0.2, 0) is 16.1 Å². The lowest BCUT2D eigenvalue weighted by atomic mass is 10.1. The molecule has 2 aromatic rings. The van der Waals surface area contributed by atoms with E-state index in [1.54, 1.807) is 11.1 Å². The molecule has 0 saturated heterocycles. The zero-order chi connectivity index (χ0) is 16.4. The number of ether oxygens (including phenoxy) is 1. The van der Waals surface area contributed by atoms with E-state index in [0.717, 1.165) is 17.8 Å². The summed E-state index contributed by atoms with van der Waals surface area (Å²) in [5.74, 6) is 0.779. The minimum absolute atomic E-state index is 0.0229. The lowest BCUT2D eigenvalue weighted by Gasteiger charge is -2.36. The normalized spacial score (nSPS) is 20.4. The molecular weight excluding hydrogens is 314 g/mol. The van der Waals surface area contributed by atoms with E-state index in [-0.39, 0.29) is 18.6 Å². The van der Waals surface area contributed by atoms with Gasteiger partial charge in [-0.25, -0.2) is 4.68 Å². The summed E-state index contributed by atoms with van der Waals surface area (Å²) in [5.41, 5.74) is 0.882. The van der Waals surface area contributed by atoms with Crippen molar-refractivity contribution in [2.75, 3.05) is 11.5 Å². The zero-order valence-corrected chi connectivity index (χ0v) is 14.0. The van der Waals surface area contributed by atoms with Crippen LogP contribution in [0.1, 0.15) is 31.9 Å². The van der Waals surface area contributed by atoms with Crippen LogP contribution in [0.2, 0.25) is 5.02 Å². The zero-order valence-electron chi connectivity index (χ0n) is 13.3. The molecule has 0 unspecified atom stereocenters. The van der Waals surface area contributed by atoms with Crippen molar-refractivity contribution in [3.8, 4) is 0 Å². The number of aromatic nitrogens is 2. The minimum atomic E-state index is -0.0572. The number of fused-ring (bicyclic) bond motifs is 1. The summed E-state index contributed by atoms with van der Waals surface area (Å²) in [6.07, 6.45) is 2.61. The first-order valence-electron chi connectivity index (χ1n) is 7.74. The SMILES string of the molecule is C[C@H]1C[C@H](C)n2nccc2N1C(=O)COCc1ccccc1Cl. The predicted molar refractivity (Wildman–Crippen MR) is 89.6 cm³/mol. The number of hydrogen-bond acceptors (Lipinski definition) is 3. The second kappa shape index (κ2) is 6.72. The summed E-state index contributed by atoms with van der Waals surface area (Å²) >= 11 is 6.09. The van der Waals surface area contributed by atoms with Crippen LogP contribution >= 0.6 is 11.6 Å². The fourth-order valence-corrected chi connectivity index (χ4v) is 3.26. The Kier molecular flexibility index (Phi) is 4.68. The van der Waals surface area contributed by atoms with E-state index in [2.05, 4.69) is 18.9 Å². The van der Waals surface area contributed by atoms with E-state index in [1.807, 2.05) is 35.0 Å². The van der Waals surface area contributed by atoms with Gasteiger partial charge in [0, 0.05) is 17.1 Å². The molecule has 0 spiro atoms. The highest BCUT2D eigenvalue weighted by Crippen LogP contribution is 2.31. The Morgan fingerprint density at radius 3 is 2.87 bits per heavy atom. The lowest BCUT2D eigenvalue weighted by molar-refractivity contribution is -0.124. The highest BCUT2D eigenvalue weighted by atomic mass is 35.5. The van der Waals surface area contributed by atoms with Gasteiger partial charge in [0.1, 0.15) is 12.4 Å². The topological polar surface area (TPSA) is 47.4 Å². The number of halogens is 1. The predicted octanol–water partition coefficient (Wildman–Crippen LogP) is 3.44. The number of carbonyl (C=O) groups excluding carboxylic acids is 1. The molecule has 3 rings (SSSR count). The van der Waals surface area contributed by atoms with Gasteiger partial charge >= 0.3 is 0 Å². The number of carbonyl (C=O) groups is 1. The Labute approximate surface area is 140 Å². The van der Waals surface area contributed by atoms with Gasteiger partial charge in [0.05, 0.1) is 18.8 Å². The molecule has 1 amide bonds. The standard InChI is InChI=1S/C17H20ClN3O2/c1-12-9-13(2)21-16(7-8-19-21)20(12)17(22)11-23-10-14-5-3-4-6-15(14)18/h3-8,12-13H,9-11H2,1-2H3/t12-,13-/m0/s1. The average Bonchev–Trinajstić information content (AvgIpc) is 2.99. The number of hydrogen-bond donors (Lipinski definition) is 0. The van der Waals surface area contributed by atoms with Crippen molar-refractivity contribution in [1.29, 1.82) is 0 Å². The van der Waals surface area contributed by atoms with Gasteiger partial charge in [-0.2, -0.15) is 5.10 Å². The van der Waals surface area contributed by atoms with E-state index < -0.39 is 0 Å². The molecule has 0 bridgehead atoms. The largest absolute Gasteiger partial charge is 0.367 e. The molecule has 1 aliphatic rings. The summed E-state index contributed by atoms with van der Waals surface area (Å²) in [6.45, 7) is 4.51. The molecule has 1 aromatic heterocycles. The first-order chi connectivity index (χ1) is 11.1. The van der Waals surface area contributed by atoms with E-state index in [4.69, 9.17) is 16.3 Å². The molecular formula is C17H20ClN3O2. The maximum Gasteiger partial charge on any atom is 0.254 e. The first-order valence-corrected chi connectivity index (χ1v) is 8.12. The Balaban J connectivity index is 1.65. The highest BCUT2D eigenvalue weighted by Gasteiger charge is 2.32. The summed E-state index contributed by atoms with van der Waals surface area (Å²) in [5, 5.41) is 4.96. The lowest BCUT2D eigenvalue weighted by Crippen LogP contribution is -2.46. The monoisotopic (exact) mass is 333 g/mol. The number of rotatable bonds is 4. The Morgan fingerprint density at radius 1 is 1.30 bits per heavy atom. The van der Waals surface area contributed by atoms with Crippen LogP contribution in [0, 0.1) is 0 Å². The first kappa shape index (κ1) is 16.0. The van der Waals surface area contributed by atoms with E-state index in [1.165, 1.54) is 0 Å². The van der Waals surface area contributed by atoms with Gasteiger partial charge in [-0.1, -0.05) is 29.8 Å². The molecule has 0 N–H and O–H groups in total. The minimum Gasteiger partial charge on any atom is -0.367 e. The van der Waals surface area contributed by atoms with Crippen LogP contribution < -0.4 is 4.90 Å². The van der Waals surface area contributed by atoms with Crippen molar-refractivity contribution in [2.24, 2.45) is 0 Å². The van der Waals surface area contributed by atoms with Gasteiger partial charge in [0.2, 0.25) is 0 Å². The maximum atomic E-state index is 12.6. The van der Waals surface area contributed by atoms with Crippen molar-refractivity contribution in [3.63, 3.8) is 0 Å². The summed E-state index contributed by atoms with van der Waals surface area (Å²) in [7, 11) is 0. The van der Waals surface area contributed by atoms with Gasteiger partial charge in [-0.05, 0) is 31.9 Å². The molecule has 0 radical (unpaired) electrons. The molecule has 0 fully saturated rings. The Bertz CT molecular complexity index is 701. The molecule has 2 atom stereocenters. The van der Waals surface area contributed by atoms with Gasteiger partial charge < -0.3 is 4.74 Å². The van der Waals surface area contributed by atoms with E-state index >= 15 is 0 Å². The molecule has 1 aromatic carbocycles. The molecule has 2 heterocycles. The van der Waals surface area contributed by atoms with Crippen molar-refractivity contribution in [1.82, 2.24) is 9.78 Å². The van der Waals surface area contributed by atoms with Crippen LogP contribution in [0.4, 0.5) is 5.82 Å². The van der Waals surface area contributed by atoms with Crippen LogP contribution in [0.5, 0.6) is 0 Å². The maximum absolute atomic E-state index is 12.6. The van der Waals surface area contributed by atoms with Crippen LogP contribution in [0.25, 0.3) is 0 Å². The number of benzene rings is 1. The molecule has 1 aliphatic heterocycles. The third-order valence-electron chi connectivity index (χ3n) is 4.15. The number of amides is 1. The highest BCUT2D eigenvalue weighted by molar-refractivity contribution is 6.31. The van der Waals surface area contributed by atoms with Crippen molar-refractivity contribution >= 4 is 23.3 Å². The molecule has 6 heteroatoms. The smallest absolute Gasteiger partial charge is 0.254 e. The Morgan fingerprint density at radius 2 is 2.09 bits per heavy atom. The Hall–Kier alpha value is -1.85. The second-order valence-corrected chi connectivity index (χ2v) is 6.32. The molecule has 5 nitrogen and oxygen atoms in total. The van der Waals surface area contributed by atoms with Gasteiger partial charge in [0.25, 0.3) is 5.91 Å². The molecule has 23 heavy (non-hydrogen) atoms. The second-order valence-electron chi connectivity index (χ2n) is 5.92. The molecule has 0 saturated carbocycles. The summed E-state index contributed by atoms with van der Waals surface area (Å²) < 4.78 is 7.47. The third kappa shape index (κ3) is 3.26. The van der Waals surface area contributed by atoms with Gasteiger partial charge in [-0.3, -0.25) is 9.69 Å². The van der Waals surface area contributed by atoms with Crippen molar-refractivity contribution in [2.45, 2.75) is 39.0 Å². The van der Waals surface area contributed by atoms with Crippen molar-refractivity contribution < 1.29 is 9.53 Å². The third-order valence-corrected chi connectivity index (χ3v) is 4.52. The fourth-order valence-electron chi connectivity index (χ4n) is 3.07. The van der Waals surface area contributed by atoms with Crippen LogP contribution in [0.3, 0.4) is 0 Å². The number of nitrogens with zero attached hydrogens (tertiary/aromatic N) is 3. The van der Waals surface area contributed by atoms with E-state index in [9.17, 15) is 4.79 Å². The average molecular weight is 334 g/mol. The molecule has 122 valence electrons. The summed E-state index contributed by atoms with van der Waals surface area (Å²) in [4.78, 5) is 14.4. The fraction of sp³-hybridized carbons (Fsp3) is 0.412. The van der Waals surface area contributed by atoms with E-state index in [0.29, 0.717) is 17.7 Å². The van der Waals surface area contributed by atoms with Gasteiger partial charge in [-0.15, -0.1) is 0 Å². The summed E-state index contributed by atoms with van der Waals surface area (Å²) in [6, 6.07) is 9.78. The van der Waals surface area contributed by atoms with Crippen LogP contribution in [0.15, 0.2) is 36.5 Å².